The Morgan fingerprint density at radius 3 is 2.90 bits per heavy atom. The van der Waals surface area contributed by atoms with E-state index in [1.54, 1.807) is 6.07 Å². The monoisotopic (exact) mass is 294 g/mol. The van der Waals surface area contributed by atoms with Gasteiger partial charge in [0.2, 0.25) is 5.91 Å². The van der Waals surface area contributed by atoms with Gasteiger partial charge in [0.05, 0.1) is 5.75 Å². The second-order valence-electron chi connectivity index (χ2n) is 5.44. The lowest BCUT2D eigenvalue weighted by Gasteiger charge is -2.29. The Labute approximate surface area is 124 Å². The maximum Gasteiger partial charge on any atom is 0.230 e. The molecule has 1 aliphatic carbocycles. The van der Waals surface area contributed by atoms with Gasteiger partial charge in [-0.1, -0.05) is 31.5 Å². The average molecular weight is 294 g/mol. The van der Waals surface area contributed by atoms with E-state index < -0.39 is 0 Å². The van der Waals surface area contributed by atoms with E-state index in [0.717, 1.165) is 12.1 Å². The van der Waals surface area contributed by atoms with Crippen LogP contribution in [-0.2, 0) is 4.79 Å². The summed E-state index contributed by atoms with van der Waals surface area (Å²) < 4.78 is 0. The third kappa shape index (κ3) is 4.37. The van der Waals surface area contributed by atoms with Gasteiger partial charge in [-0.3, -0.25) is 4.79 Å². The van der Waals surface area contributed by atoms with Gasteiger partial charge in [0.1, 0.15) is 5.82 Å². The van der Waals surface area contributed by atoms with Crippen molar-refractivity contribution >= 4 is 23.5 Å². The first-order valence-electron chi connectivity index (χ1n) is 7.08. The van der Waals surface area contributed by atoms with Crippen LogP contribution in [0.25, 0.3) is 0 Å². The number of thioether (sulfide) groups is 1. The highest BCUT2D eigenvalue weighted by molar-refractivity contribution is 7.99. The molecule has 0 saturated heterocycles. The largest absolute Gasteiger partial charge is 0.384 e. The van der Waals surface area contributed by atoms with Crippen LogP contribution in [0.15, 0.2) is 11.2 Å². The second kappa shape index (κ2) is 6.92. The molecule has 2 atom stereocenters. The van der Waals surface area contributed by atoms with Crippen LogP contribution >= 0.6 is 11.8 Å². The third-order valence-corrected chi connectivity index (χ3v) is 4.49. The van der Waals surface area contributed by atoms with Crippen LogP contribution in [0, 0.1) is 12.8 Å². The third-order valence-electron chi connectivity index (χ3n) is 3.64. The van der Waals surface area contributed by atoms with Crippen LogP contribution in [0.1, 0.15) is 38.3 Å². The predicted molar refractivity (Wildman–Crippen MR) is 81.5 cm³/mol. The molecule has 1 amide bonds. The van der Waals surface area contributed by atoms with Gasteiger partial charge in [-0.25, -0.2) is 9.97 Å². The van der Waals surface area contributed by atoms with E-state index >= 15 is 0 Å². The van der Waals surface area contributed by atoms with E-state index in [4.69, 9.17) is 5.73 Å². The molecule has 1 aromatic rings. The zero-order chi connectivity index (χ0) is 14.5. The molecule has 0 spiro atoms. The van der Waals surface area contributed by atoms with E-state index in [1.165, 1.54) is 31.0 Å². The number of hydrogen-bond acceptors (Lipinski definition) is 5. The number of carbonyl (C=O) groups is 1. The molecule has 1 heterocycles. The van der Waals surface area contributed by atoms with E-state index in [2.05, 4.69) is 22.2 Å². The number of hydrogen-bond donors (Lipinski definition) is 2. The van der Waals surface area contributed by atoms with Crippen molar-refractivity contribution < 1.29 is 4.79 Å². The lowest BCUT2D eigenvalue weighted by atomic mass is 9.86. The summed E-state index contributed by atoms with van der Waals surface area (Å²) in [5, 5.41) is 3.69. The zero-order valence-corrected chi connectivity index (χ0v) is 12.9. The van der Waals surface area contributed by atoms with Gasteiger partial charge in [0.25, 0.3) is 0 Å². The minimum Gasteiger partial charge on any atom is -0.384 e. The highest BCUT2D eigenvalue weighted by Gasteiger charge is 2.22. The van der Waals surface area contributed by atoms with Crippen molar-refractivity contribution in [2.24, 2.45) is 5.92 Å². The first-order valence-corrected chi connectivity index (χ1v) is 8.06. The van der Waals surface area contributed by atoms with Crippen molar-refractivity contribution in [1.82, 2.24) is 15.3 Å². The number of nitrogen functional groups attached to an aromatic ring is 1. The first-order chi connectivity index (χ1) is 9.54. The van der Waals surface area contributed by atoms with Gasteiger partial charge in [-0.05, 0) is 25.7 Å². The maximum atomic E-state index is 12.0. The fourth-order valence-corrected chi connectivity index (χ4v) is 3.26. The van der Waals surface area contributed by atoms with Crippen LogP contribution in [0.5, 0.6) is 0 Å². The smallest absolute Gasteiger partial charge is 0.230 e. The van der Waals surface area contributed by atoms with Gasteiger partial charge in [0.15, 0.2) is 5.16 Å². The minimum absolute atomic E-state index is 0.0532. The normalized spacial score (nSPS) is 22.5. The number of aromatic nitrogens is 2. The Kier molecular flexibility index (Phi) is 5.23. The summed E-state index contributed by atoms with van der Waals surface area (Å²) in [7, 11) is 0. The van der Waals surface area contributed by atoms with E-state index in [9.17, 15) is 4.79 Å². The molecule has 0 bridgehead atoms. The second-order valence-corrected chi connectivity index (χ2v) is 6.38. The van der Waals surface area contributed by atoms with Gasteiger partial charge in [-0.2, -0.15) is 0 Å². The SMILES string of the molecule is Cc1cc(N)nc(SCC(=O)N[C@@H]2CCCC[C@@H]2C)n1. The molecule has 0 aromatic carbocycles. The highest BCUT2D eigenvalue weighted by Crippen LogP contribution is 2.24. The van der Waals surface area contributed by atoms with Crippen LogP contribution in [-0.4, -0.2) is 27.7 Å². The number of anilines is 1. The van der Waals surface area contributed by atoms with Gasteiger partial charge < -0.3 is 11.1 Å². The lowest BCUT2D eigenvalue weighted by molar-refractivity contribution is -0.119. The molecule has 0 radical (unpaired) electrons. The van der Waals surface area contributed by atoms with Crippen LogP contribution in [0.3, 0.4) is 0 Å². The van der Waals surface area contributed by atoms with E-state index in [1.807, 2.05) is 6.92 Å². The van der Waals surface area contributed by atoms with Crippen molar-refractivity contribution in [3.8, 4) is 0 Å². The molecule has 0 unspecified atom stereocenters. The summed E-state index contributed by atoms with van der Waals surface area (Å²) in [5.41, 5.74) is 6.49. The summed E-state index contributed by atoms with van der Waals surface area (Å²) >= 11 is 1.33. The van der Waals surface area contributed by atoms with Gasteiger partial charge in [0, 0.05) is 17.8 Å². The van der Waals surface area contributed by atoms with Crippen molar-refractivity contribution in [1.29, 1.82) is 0 Å². The predicted octanol–water partition coefficient (Wildman–Crippen LogP) is 2.15. The Hall–Kier alpha value is -1.30. The van der Waals surface area contributed by atoms with Crippen molar-refractivity contribution in [3.05, 3.63) is 11.8 Å². The molecular formula is C14H22N4OS. The molecule has 0 aliphatic heterocycles. The summed E-state index contributed by atoms with van der Waals surface area (Å²) in [6.07, 6.45) is 4.78. The number of amides is 1. The number of nitrogens with one attached hydrogen (secondary N) is 1. The number of nitrogens with two attached hydrogens (primary N) is 1. The lowest BCUT2D eigenvalue weighted by Crippen LogP contribution is -2.41. The average Bonchev–Trinajstić information content (AvgIpc) is 2.38. The van der Waals surface area contributed by atoms with Crippen molar-refractivity contribution in [2.75, 3.05) is 11.5 Å². The molecule has 1 saturated carbocycles. The Balaban J connectivity index is 1.82. The number of carbonyl (C=O) groups excluding carboxylic acids is 1. The Bertz CT molecular complexity index is 460. The molecule has 1 aliphatic rings. The summed E-state index contributed by atoms with van der Waals surface area (Å²) in [6, 6.07) is 2.04. The van der Waals surface area contributed by atoms with Crippen LogP contribution in [0.2, 0.25) is 0 Å². The van der Waals surface area contributed by atoms with Crippen LogP contribution in [0.4, 0.5) is 5.82 Å². The quantitative estimate of drug-likeness (QED) is 0.657. The van der Waals surface area contributed by atoms with Crippen molar-refractivity contribution in [3.63, 3.8) is 0 Å². The summed E-state index contributed by atoms with van der Waals surface area (Å²) in [4.78, 5) is 20.4. The molecule has 2 rings (SSSR count). The fourth-order valence-electron chi connectivity index (χ4n) is 2.54. The van der Waals surface area contributed by atoms with Crippen LogP contribution < -0.4 is 11.1 Å². The topological polar surface area (TPSA) is 80.9 Å². The molecular weight excluding hydrogens is 272 g/mol. The first kappa shape index (κ1) is 15.1. The number of nitrogens with zero attached hydrogens (tertiary/aromatic N) is 2. The molecule has 3 N–H and O–H groups in total. The molecule has 5 nitrogen and oxygen atoms in total. The maximum absolute atomic E-state index is 12.0. The molecule has 6 heteroatoms. The fraction of sp³-hybridized carbons (Fsp3) is 0.643. The van der Waals surface area contributed by atoms with E-state index in [-0.39, 0.29) is 5.91 Å². The summed E-state index contributed by atoms with van der Waals surface area (Å²) in [6.45, 7) is 4.08. The molecule has 110 valence electrons. The van der Waals surface area contributed by atoms with Gasteiger partial charge in [-0.15, -0.1) is 0 Å². The minimum atomic E-state index is 0.0532. The molecule has 1 fully saturated rings. The number of rotatable bonds is 4. The summed E-state index contributed by atoms with van der Waals surface area (Å²) in [5.74, 6) is 1.41. The highest BCUT2D eigenvalue weighted by atomic mass is 32.2. The van der Waals surface area contributed by atoms with Gasteiger partial charge >= 0.3 is 0 Å². The standard InChI is InChI=1S/C14H22N4OS/c1-9-5-3-4-6-11(9)17-13(19)8-20-14-16-10(2)7-12(15)18-14/h7,9,11H,3-6,8H2,1-2H3,(H,17,19)(H2,15,16,18)/t9-,11+/m0/s1. The molecule has 1 aromatic heterocycles. The van der Waals surface area contributed by atoms with E-state index in [0.29, 0.717) is 28.7 Å². The Morgan fingerprint density at radius 2 is 2.20 bits per heavy atom. The zero-order valence-electron chi connectivity index (χ0n) is 12.1. The van der Waals surface area contributed by atoms with Crippen molar-refractivity contribution in [2.45, 2.75) is 50.7 Å². The molecule has 20 heavy (non-hydrogen) atoms. The Morgan fingerprint density at radius 1 is 1.45 bits per heavy atom. The number of aryl methyl sites for hydroxylation is 1.